The summed E-state index contributed by atoms with van der Waals surface area (Å²) >= 11 is 0. The maximum atomic E-state index is 13.0. The zero-order valence-corrected chi connectivity index (χ0v) is 20.4. The van der Waals surface area contributed by atoms with Gasteiger partial charge < -0.3 is 5.32 Å². The summed E-state index contributed by atoms with van der Waals surface area (Å²) in [7, 11) is 0. The van der Waals surface area contributed by atoms with Gasteiger partial charge in [-0.1, -0.05) is 47.2 Å². The van der Waals surface area contributed by atoms with Crippen molar-refractivity contribution < 1.29 is 4.79 Å². The first-order valence-electron chi connectivity index (χ1n) is 12.4. The summed E-state index contributed by atoms with van der Waals surface area (Å²) in [6.07, 6.45) is 7.09. The number of nitrogens with zero attached hydrogens (tertiary/aromatic N) is 5. The number of aryl methyl sites for hydroxylation is 2. The van der Waals surface area contributed by atoms with E-state index in [1.165, 1.54) is 16.7 Å². The summed E-state index contributed by atoms with van der Waals surface area (Å²) in [6, 6.07) is 22.1. The van der Waals surface area contributed by atoms with Crippen molar-refractivity contribution in [1.29, 1.82) is 0 Å². The molecular formula is C29H28N6O. The smallest absolute Gasteiger partial charge is 0.251 e. The van der Waals surface area contributed by atoms with Crippen LogP contribution in [0.3, 0.4) is 0 Å². The second kappa shape index (κ2) is 9.07. The summed E-state index contributed by atoms with van der Waals surface area (Å²) in [5, 5.41) is 17.5. The Kier molecular flexibility index (Phi) is 5.60. The van der Waals surface area contributed by atoms with E-state index in [1.54, 1.807) is 0 Å². The highest BCUT2D eigenvalue weighted by Gasteiger charge is 2.24. The van der Waals surface area contributed by atoms with Gasteiger partial charge in [0.25, 0.3) is 5.91 Å². The van der Waals surface area contributed by atoms with Crippen molar-refractivity contribution in [1.82, 2.24) is 30.1 Å². The van der Waals surface area contributed by atoms with Gasteiger partial charge in [-0.15, -0.1) is 5.10 Å². The number of fused-ring (bicyclic) bond motifs is 2. The van der Waals surface area contributed by atoms with Crippen LogP contribution in [0.5, 0.6) is 0 Å². The normalized spacial score (nSPS) is 16.0. The van der Waals surface area contributed by atoms with Crippen LogP contribution in [-0.2, 0) is 6.42 Å². The van der Waals surface area contributed by atoms with Gasteiger partial charge in [-0.25, -0.2) is 9.36 Å². The van der Waals surface area contributed by atoms with Crippen molar-refractivity contribution in [3.8, 4) is 5.69 Å². The van der Waals surface area contributed by atoms with Gasteiger partial charge in [0.05, 0.1) is 35.7 Å². The Morgan fingerprint density at radius 3 is 2.78 bits per heavy atom. The number of benzene rings is 3. The minimum atomic E-state index is -0.262. The zero-order chi connectivity index (χ0) is 24.6. The van der Waals surface area contributed by atoms with Crippen molar-refractivity contribution >= 4 is 16.8 Å². The number of carbonyl (C=O) groups is 1. The van der Waals surface area contributed by atoms with Gasteiger partial charge in [-0.3, -0.25) is 4.79 Å². The molecule has 1 aliphatic carbocycles. The molecule has 6 rings (SSSR count). The SMILES string of the molecule is Cc1ccc2c(c1)[C@H](n1cc(C(C)NC(=O)c3ccc(-n4ncc5ccccc54)cc3)nn1)CCC2. The summed E-state index contributed by atoms with van der Waals surface area (Å²) < 4.78 is 3.83. The third-order valence-corrected chi connectivity index (χ3v) is 7.07. The molecule has 2 atom stereocenters. The maximum absolute atomic E-state index is 13.0. The number of nitrogens with one attached hydrogen (secondary N) is 1. The number of hydrogen-bond donors (Lipinski definition) is 1. The van der Waals surface area contributed by atoms with Gasteiger partial charge in [0, 0.05) is 10.9 Å². The molecule has 1 unspecified atom stereocenters. The maximum Gasteiger partial charge on any atom is 0.251 e. The summed E-state index contributed by atoms with van der Waals surface area (Å²) in [6.45, 7) is 4.07. The Morgan fingerprint density at radius 2 is 1.92 bits per heavy atom. The fourth-order valence-corrected chi connectivity index (χ4v) is 5.09. The van der Waals surface area contributed by atoms with Crippen molar-refractivity contribution in [2.24, 2.45) is 0 Å². The highest BCUT2D eigenvalue weighted by molar-refractivity contribution is 5.94. The van der Waals surface area contributed by atoms with E-state index < -0.39 is 0 Å². The van der Waals surface area contributed by atoms with Crippen LogP contribution in [0.1, 0.15) is 64.6 Å². The van der Waals surface area contributed by atoms with E-state index in [4.69, 9.17) is 0 Å². The lowest BCUT2D eigenvalue weighted by Gasteiger charge is -2.25. The average Bonchev–Trinajstić information content (AvgIpc) is 3.56. The summed E-state index contributed by atoms with van der Waals surface area (Å²) in [5.74, 6) is -0.146. The number of aromatic nitrogens is 5. The Balaban J connectivity index is 1.16. The quantitative estimate of drug-likeness (QED) is 0.371. The third kappa shape index (κ3) is 4.06. The molecule has 0 radical (unpaired) electrons. The molecule has 1 aliphatic rings. The van der Waals surface area contributed by atoms with E-state index in [2.05, 4.69) is 45.9 Å². The molecule has 2 aromatic heterocycles. The fraction of sp³-hybridized carbons (Fsp3) is 0.241. The van der Waals surface area contributed by atoms with Crippen molar-refractivity contribution in [2.45, 2.75) is 45.2 Å². The van der Waals surface area contributed by atoms with Gasteiger partial charge in [0.15, 0.2) is 0 Å². The number of carbonyl (C=O) groups excluding carboxylic acids is 1. The van der Waals surface area contributed by atoms with E-state index in [0.29, 0.717) is 5.56 Å². The first kappa shape index (κ1) is 22.2. The standard InChI is InChI=1S/C29H28N6O/c1-19-10-11-21-7-5-9-28(25(21)16-19)34-18-26(32-33-34)20(2)31-29(36)22-12-14-24(15-13-22)35-27-8-4-3-6-23(27)17-30-35/h3-4,6,8,10-18,20,28H,5,7,9H2,1-2H3,(H,31,36)/t20?,28-/m1/s1. The van der Waals surface area contributed by atoms with Gasteiger partial charge in [0.1, 0.15) is 5.69 Å². The molecule has 0 aliphatic heterocycles. The molecule has 0 saturated heterocycles. The molecule has 1 amide bonds. The minimum Gasteiger partial charge on any atom is -0.344 e. The Labute approximate surface area is 209 Å². The first-order valence-corrected chi connectivity index (χ1v) is 12.4. The molecule has 0 fully saturated rings. The van der Waals surface area contributed by atoms with Crippen LogP contribution in [0, 0.1) is 6.92 Å². The van der Waals surface area contributed by atoms with Crippen molar-refractivity contribution in [3.63, 3.8) is 0 Å². The lowest BCUT2D eigenvalue weighted by atomic mass is 9.87. The first-order chi connectivity index (χ1) is 17.6. The average molecular weight is 477 g/mol. The predicted octanol–water partition coefficient (Wildman–Crippen LogP) is 5.34. The number of rotatable bonds is 5. The van der Waals surface area contributed by atoms with Crippen LogP contribution in [0.25, 0.3) is 16.6 Å². The van der Waals surface area contributed by atoms with Crippen LogP contribution in [0.15, 0.2) is 79.1 Å². The molecule has 180 valence electrons. The predicted molar refractivity (Wildman–Crippen MR) is 139 cm³/mol. The van der Waals surface area contributed by atoms with Gasteiger partial charge in [-0.05, 0) is 74.6 Å². The van der Waals surface area contributed by atoms with E-state index >= 15 is 0 Å². The lowest BCUT2D eigenvalue weighted by molar-refractivity contribution is 0.0939. The van der Waals surface area contributed by atoms with Gasteiger partial charge in [-0.2, -0.15) is 5.10 Å². The van der Waals surface area contributed by atoms with Crippen molar-refractivity contribution in [3.05, 3.63) is 107 Å². The topological polar surface area (TPSA) is 77.6 Å². The van der Waals surface area contributed by atoms with E-state index in [1.807, 2.05) is 77.2 Å². The van der Waals surface area contributed by atoms with E-state index in [0.717, 1.165) is 41.5 Å². The lowest BCUT2D eigenvalue weighted by Crippen LogP contribution is -2.27. The molecule has 0 saturated carbocycles. The molecule has 2 heterocycles. The Bertz CT molecular complexity index is 1550. The second-order valence-corrected chi connectivity index (χ2v) is 9.59. The minimum absolute atomic E-state index is 0.146. The molecule has 1 N–H and O–H groups in total. The largest absolute Gasteiger partial charge is 0.344 e. The zero-order valence-electron chi connectivity index (χ0n) is 20.4. The Hall–Kier alpha value is -4.26. The third-order valence-electron chi connectivity index (χ3n) is 7.07. The highest BCUT2D eigenvalue weighted by atomic mass is 16.1. The number of amides is 1. The second-order valence-electron chi connectivity index (χ2n) is 9.59. The molecular weight excluding hydrogens is 448 g/mol. The van der Waals surface area contributed by atoms with Crippen LogP contribution in [0.2, 0.25) is 0 Å². The van der Waals surface area contributed by atoms with Gasteiger partial charge >= 0.3 is 0 Å². The van der Waals surface area contributed by atoms with Crippen molar-refractivity contribution in [2.75, 3.05) is 0 Å². The summed E-state index contributed by atoms with van der Waals surface area (Å²) in [5.41, 5.74) is 7.26. The molecule has 0 bridgehead atoms. The molecule has 3 aromatic carbocycles. The van der Waals surface area contributed by atoms with E-state index in [9.17, 15) is 4.79 Å². The van der Waals surface area contributed by atoms with Crippen LogP contribution in [0.4, 0.5) is 0 Å². The summed E-state index contributed by atoms with van der Waals surface area (Å²) in [4.78, 5) is 13.0. The van der Waals surface area contributed by atoms with Crippen LogP contribution >= 0.6 is 0 Å². The van der Waals surface area contributed by atoms with E-state index in [-0.39, 0.29) is 18.0 Å². The molecule has 36 heavy (non-hydrogen) atoms. The highest BCUT2D eigenvalue weighted by Crippen LogP contribution is 2.33. The number of hydrogen-bond acceptors (Lipinski definition) is 4. The molecule has 0 spiro atoms. The van der Waals surface area contributed by atoms with Gasteiger partial charge in [0.2, 0.25) is 0 Å². The fourth-order valence-electron chi connectivity index (χ4n) is 5.09. The molecule has 7 heteroatoms. The Morgan fingerprint density at radius 1 is 1.08 bits per heavy atom. The molecule has 5 aromatic rings. The number of para-hydroxylation sites is 1. The van der Waals surface area contributed by atoms with Crippen LogP contribution < -0.4 is 5.32 Å². The monoisotopic (exact) mass is 476 g/mol. The van der Waals surface area contributed by atoms with Crippen LogP contribution in [-0.4, -0.2) is 30.7 Å². The molecule has 7 nitrogen and oxygen atoms in total.